The van der Waals surface area contributed by atoms with Gasteiger partial charge >= 0.3 is 0 Å². The first kappa shape index (κ1) is 15.5. The molecule has 18 heavy (non-hydrogen) atoms. The topological polar surface area (TPSA) is 55.1 Å². The summed E-state index contributed by atoms with van der Waals surface area (Å²) >= 11 is 0. The molecule has 1 atom stereocenters. The van der Waals surface area contributed by atoms with E-state index in [1.165, 1.54) is 32.1 Å². The Morgan fingerprint density at radius 3 is 2.33 bits per heavy atom. The van der Waals surface area contributed by atoms with Crippen LogP contribution in [0.15, 0.2) is 0 Å². The molecular weight excluding hydrogens is 224 g/mol. The summed E-state index contributed by atoms with van der Waals surface area (Å²) < 4.78 is 0. The fourth-order valence-corrected chi connectivity index (χ4v) is 3.09. The van der Waals surface area contributed by atoms with E-state index in [0.29, 0.717) is 17.9 Å². The summed E-state index contributed by atoms with van der Waals surface area (Å²) in [6.45, 7) is 9.12. The minimum atomic E-state index is -0.212. The molecule has 1 amide bonds. The van der Waals surface area contributed by atoms with Gasteiger partial charge in [0.05, 0.1) is 0 Å². The predicted octanol–water partition coefficient (Wildman–Crippen LogP) is 2.83. The van der Waals surface area contributed by atoms with Crippen molar-refractivity contribution in [3.63, 3.8) is 0 Å². The van der Waals surface area contributed by atoms with Gasteiger partial charge in [-0.1, -0.05) is 27.2 Å². The van der Waals surface area contributed by atoms with Gasteiger partial charge in [0.1, 0.15) is 0 Å². The predicted molar refractivity (Wildman–Crippen MR) is 76.2 cm³/mol. The first-order valence-corrected chi connectivity index (χ1v) is 7.39. The molecule has 0 aliphatic heterocycles. The lowest BCUT2D eigenvalue weighted by Gasteiger charge is -2.39. The lowest BCUT2D eigenvalue weighted by Crippen LogP contribution is -2.42. The maximum atomic E-state index is 10.9. The molecule has 1 aliphatic carbocycles. The van der Waals surface area contributed by atoms with E-state index >= 15 is 0 Å². The standard InChI is InChI=1S/C15H30N2O/c1-5-15(3,4)12-6-8-13(9-7-12)17-11(2)10-14(16)18/h11-13,17H,5-10H2,1-4H3,(H2,16,18). The van der Waals surface area contributed by atoms with Crippen LogP contribution in [0.5, 0.6) is 0 Å². The first-order chi connectivity index (χ1) is 8.35. The fraction of sp³-hybridized carbons (Fsp3) is 0.933. The van der Waals surface area contributed by atoms with E-state index in [0.717, 1.165) is 5.92 Å². The second-order valence-corrected chi connectivity index (χ2v) is 6.63. The van der Waals surface area contributed by atoms with Crippen LogP contribution in [0.25, 0.3) is 0 Å². The summed E-state index contributed by atoms with van der Waals surface area (Å²) in [7, 11) is 0. The Hall–Kier alpha value is -0.570. The largest absolute Gasteiger partial charge is 0.370 e. The van der Waals surface area contributed by atoms with Crippen LogP contribution in [0.4, 0.5) is 0 Å². The highest BCUT2D eigenvalue weighted by Crippen LogP contribution is 2.40. The molecule has 3 nitrogen and oxygen atoms in total. The molecule has 1 aliphatic rings. The molecule has 0 heterocycles. The Labute approximate surface area is 112 Å². The van der Waals surface area contributed by atoms with E-state index in [-0.39, 0.29) is 11.9 Å². The number of hydrogen-bond donors (Lipinski definition) is 2. The molecule has 0 saturated heterocycles. The van der Waals surface area contributed by atoms with E-state index in [1.54, 1.807) is 0 Å². The third-order valence-corrected chi connectivity index (χ3v) is 4.77. The van der Waals surface area contributed by atoms with Crippen molar-refractivity contribution in [3.8, 4) is 0 Å². The molecule has 1 unspecified atom stereocenters. The van der Waals surface area contributed by atoms with E-state index in [4.69, 9.17) is 5.73 Å². The van der Waals surface area contributed by atoms with Crippen LogP contribution in [0, 0.1) is 11.3 Å². The number of amides is 1. The lowest BCUT2D eigenvalue weighted by molar-refractivity contribution is -0.118. The number of nitrogens with one attached hydrogen (secondary N) is 1. The quantitative estimate of drug-likeness (QED) is 0.766. The maximum absolute atomic E-state index is 10.9. The lowest BCUT2D eigenvalue weighted by atomic mass is 9.69. The van der Waals surface area contributed by atoms with Crippen LogP contribution < -0.4 is 11.1 Å². The van der Waals surface area contributed by atoms with Gasteiger partial charge in [-0.3, -0.25) is 4.79 Å². The third kappa shape index (κ3) is 4.60. The van der Waals surface area contributed by atoms with Crippen molar-refractivity contribution in [2.75, 3.05) is 0 Å². The molecule has 0 spiro atoms. The molecule has 3 N–H and O–H groups in total. The summed E-state index contributed by atoms with van der Waals surface area (Å²) in [4.78, 5) is 10.9. The summed E-state index contributed by atoms with van der Waals surface area (Å²) in [5.74, 6) is 0.641. The number of primary amides is 1. The molecule has 1 saturated carbocycles. The SMILES string of the molecule is CCC(C)(C)C1CCC(NC(C)CC(N)=O)CC1. The van der Waals surface area contributed by atoms with Crippen molar-refractivity contribution in [1.29, 1.82) is 0 Å². The summed E-state index contributed by atoms with van der Waals surface area (Å²) in [6, 6.07) is 0.784. The van der Waals surface area contributed by atoms with Crippen molar-refractivity contribution < 1.29 is 4.79 Å². The highest BCUT2D eigenvalue weighted by Gasteiger charge is 2.31. The number of hydrogen-bond acceptors (Lipinski definition) is 2. The van der Waals surface area contributed by atoms with Crippen molar-refractivity contribution >= 4 is 5.91 Å². The summed E-state index contributed by atoms with van der Waals surface area (Å²) in [5, 5.41) is 3.54. The highest BCUT2D eigenvalue weighted by molar-refractivity contribution is 5.74. The minimum absolute atomic E-state index is 0.211. The number of rotatable bonds is 6. The summed E-state index contributed by atoms with van der Waals surface area (Å²) in [6.07, 6.45) is 6.78. The number of carbonyl (C=O) groups is 1. The average Bonchev–Trinajstić information content (AvgIpc) is 2.28. The van der Waals surface area contributed by atoms with Crippen molar-refractivity contribution in [1.82, 2.24) is 5.32 Å². The smallest absolute Gasteiger partial charge is 0.218 e. The molecule has 0 aromatic rings. The Morgan fingerprint density at radius 2 is 1.89 bits per heavy atom. The second kappa shape index (κ2) is 6.55. The van der Waals surface area contributed by atoms with Gasteiger partial charge in [0.25, 0.3) is 0 Å². The Morgan fingerprint density at radius 1 is 1.33 bits per heavy atom. The van der Waals surface area contributed by atoms with E-state index < -0.39 is 0 Å². The van der Waals surface area contributed by atoms with E-state index in [2.05, 4.69) is 26.1 Å². The zero-order valence-corrected chi connectivity index (χ0v) is 12.5. The second-order valence-electron chi connectivity index (χ2n) is 6.63. The molecule has 0 bridgehead atoms. The van der Waals surface area contributed by atoms with Gasteiger partial charge in [-0.15, -0.1) is 0 Å². The molecule has 0 aromatic heterocycles. The van der Waals surface area contributed by atoms with Crippen molar-refractivity contribution in [2.45, 2.75) is 78.3 Å². The summed E-state index contributed by atoms with van der Waals surface area (Å²) in [5.41, 5.74) is 5.69. The maximum Gasteiger partial charge on any atom is 0.218 e. The van der Waals surface area contributed by atoms with Gasteiger partial charge in [0, 0.05) is 18.5 Å². The molecular formula is C15H30N2O. The Bertz CT molecular complexity index is 268. The van der Waals surface area contributed by atoms with E-state index in [9.17, 15) is 4.79 Å². The van der Waals surface area contributed by atoms with Crippen LogP contribution in [0.3, 0.4) is 0 Å². The molecule has 1 fully saturated rings. The normalized spacial score (nSPS) is 26.9. The number of nitrogens with two attached hydrogens (primary N) is 1. The van der Waals surface area contributed by atoms with Crippen LogP contribution in [0.1, 0.15) is 66.2 Å². The zero-order valence-electron chi connectivity index (χ0n) is 12.5. The highest BCUT2D eigenvalue weighted by atomic mass is 16.1. The average molecular weight is 254 g/mol. The van der Waals surface area contributed by atoms with Gasteiger partial charge in [-0.25, -0.2) is 0 Å². The third-order valence-electron chi connectivity index (χ3n) is 4.77. The first-order valence-electron chi connectivity index (χ1n) is 7.39. The zero-order chi connectivity index (χ0) is 13.8. The van der Waals surface area contributed by atoms with E-state index in [1.807, 2.05) is 6.92 Å². The molecule has 106 valence electrons. The van der Waals surface area contributed by atoms with Crippen molar-refractivity contribution in [2.24, 2.45) is 17.1 Å². The molecule has 1 rings (SSSR count). The van der Waals surface area contributed by atoms with Crippen LogP contribution >= 0.6 is 0 Å². The monoisotopic (exact) mass is 254 g/mol. The van der Waals surface area contributed by atoms with Crippen molar-refractivity contribution in [3.05, 3.63) is 0 Å². The van der Waals surface area contributed by atoms with Crippen LogP contribution in [-0.2, 0) is 4.79 Å². The van der Waals surface area contributed by atoms with Gasteiger partial charge in [-0.05, 0) is 43.9 Å². The Balaban J connectivity index is 2.33. The van der Waals surface area contributed by atoms with Gasteiger partial charge in [0.15, 0.2) is 0 Å². The fourth-order valence-electron chi connectivity index (χ4n) is 3.09. The van der Waals surface area contributed by atoms with Gasteiger partial charge in [0.2, 0.25) is 5.91 Å². The minimum Gasteiger partial charge on any atom is -0.370 e. The molecule has 0 aromatic carbocycles. The Kier molecular flexibility index (Phi) is 5.64. The molecule has 3 heteroatoms. The van der Waals surface area contributed by atoms with Crippen LogP contribution in [-0.4, -0.2) is 18.0 Å². The van der Waals surface area contributed by atoms with Crippen LogP contribution in [0.2, 0.25) is 0 Å². The number of carbonyl (C=O) groups excluding carboxylic acids is 1. The van der Waals surface area contributed by atoms with Gasteiger partial charge in [-0.2, -0.15) is 0 Å². The van der Waals surface area contributed by atoms with Gasteiger partial charge < -0.3 is 11.1 Å². The molecule has 0 radical (unpaired) electrons.